The summed E-state index contributed by atoms with van der Waals surface area (Å²) in [7, 11) is 0. The van der Waals surface area contributed by atoms with Crippen LogP contribution in [0.4, 0.5) is 13.2 Å². The van der Waals surface area contributed by atoms with Crippen LogP contribution in [0.1, 0.15) is 44.7 Å². The number of ether oxygens (including phenoxy) is 1. The molecular weight excluding hydrogens is 583 g/mol. The van der Waals surface area contributed by atoms with E-state index in [-0.39, 0.29) is 6.10 Å². The van der Waals surface area contributed by atoms with E-state index < -0.39 is 24.2 Å². The molecule has 0 aliphatic carbocycles. The second-order valence-corrected chi connectivity index (χ2v) is 10.9. The summed E-state index contributed by atoms with van der Waals surface area (Å²) in [6, 6.07) is 10.6. The normalized spacial score (nSPS) is 15.8. The Bertz CT molecular complexity index is 1400. The first-order chi connectivity index (χ1) is 19.5. The largest absolute Gasteiger partial charge is 0.495 e. The Morgan fingerprint density at radius 3 is 2.66 bits per heavy atom. The number of rotatable bonds is 9. The second kappa shape index (κ2) is 13.2. The average molecular weight is 612 g/mol. The predicted molar refractivity (Wildman–Crippen MR) is 147 cm³/mol. The Balaban J connectivity index is 1.45. The highest BCUT2D eigenvalue weighted by Crippen LogP contribution is 2.34. The topological polar surface area (TPSA) is 90.9 Å². The predicted octanol–water partition coefficient (Wildman–Crippen LogP) is 6.45. The van der Waals surface area contributed by atoms with Gasteiger partial charge in [-0.05, 0) is 86.9 Å². The van der Waals surface area contributed by atoms with Crippen molar-refractivity contribution in [1.82, 2.24) is 14.3 Å². The van der Waals surface area contributed by atoms with Gasteiger partial charge in [0.1, 0.15) is 16.8 Å². The van der Waals surface area contributed by atoms with Crippen LogP contribution in [0.2, 0.25) is 5.02 Å². The summed E-state index contributed by atoms with van der Waals surface area (Å²) in [5.41, 5.74) is 3.84. The lowest BCUT2D eigenvalue weighted by molar-refractivity contribution is -0.287. The van der Waals surface area contributed by atoms with Crippen molar-refractivity contribution in [2.45, 2.75) is 64.8 Å². The standard InChI is InChI=1S/C28H29ClF3N3O5S/c1-4-19-17(12-14-35-13-6-9-22(35)26(36)39-40-27(37)28(30,31)32)7-5-8-20(19)24-33-25(41-34-24)18-10-11-23(21(29)15-18)38-16(2)3/h5,7-8,10-11,15-16,22H,4,6,9,12-14H2,1-3H3. The summed E-state index contributed by atoms with van der Waals surface area (Å²) in [6.45, 7) is 6.92. The van der Waals surface area contributed by atoms with Crippen molar-refractivity contribution in [3.05, 3.63) is 52.5 Å². The molecule has 41 heavy (non-hydrogen) atoms. The number of carbonyl (C=O) groups is 2. The van der Waals surface area contributed by atoms with E-state index in [0.29, 0.717) is 55.4 Å². The molecule has 220 valence electrons. The number of hydrogen-bond donors (Lipinski definition) is 0. The minimum Gasteiger partial charge on any atom is -0.489 e. The molecule has 1 unspecified atom stereocenters. The third-order valence-electron chi connectivity index (χ3n) is 6.57. The van der Waals surface area contributed by atoms with Gasteiger partial charge >= 0.3 is 18.1 Å². The van der Waals surface area contributed by atoms with E-state index in [4.69, 9.17) is 21.3 Å². The number of nitrogens with zero attached hydrogens (tertiary/aromatic N) is 3. The molecule has 1 atom stereocenters. The Labute approximate surface area is 244 Å². The lowest BCUT2D eigenvalue weighted by Crippen LogP contribution is -2.39. The molecule has 1 fully saturated rings. The molecule has 0 bridgehead atoms. The van der Waals surface area contributed by atoms with Gasteiger partial charge in [0.2, 0.25) is 0 Å². The molecule has 3 aromatic rings. The molecule has 8 nitrogen and oxygen atoms in total. The van der Waals surface area contributed by atoms with Crippen LogP contribution in [0.15, 0.2) is 36.4 Å². The van der Waals surface area contributed by atoms with Crippen molar-refractivity contribution < 1.29 is 37.3 Å². The highest BCUT2D eigenvalue weighted by Gasteiger charge is 2.44. The molecule has 1 aliphatic heterocycles. The maximum absolute atomic E-state index is 12.3. The maximum atomic E-state index is 12.3. The van der Waals surface area contributed by atoms with E-state index in [9.17, 15) is 22.8 Å². The van der Waals surface area contributed by atoms with Crippen molar-refractivity contribution in [1.29, 1.82) is 0 Å². The fourth-order valence-corrected chi connectivity index (χ4v) is 5.63. The number of aromatic nitrogens is 2. The SMILES string of the molecule is CCc1c(CCN2CCCC2C(=O)OOC(=O)C(F)(F)F)cccc1-c1nsc(-c2ccc(OC(C)C)c(Cl)c2)n1. The summed E-state index contributed by atoms with van der Waals surface area (Å²) in [6.07, 6.45) is -2.90. The van der Waals surface area contributed by atoms with Gasteiger partial charge in [-0.1, -0.05) is 36.7 Å². The molecule has 0 spiro atoms. The van der Waals surface area contributed by atoms with Gasteiger partial charge in [-0.25, -0.2) is 24.3 Å². The van der Waals surface area contributed by atoms with Gasteiger partial charge in [0.15, 0.2) is 5.82 Å². The molecule has 4 rings (SSSR count). The third kappa shape index (κ3) is 7.55. The molecule has 2 heterocycles. The molecule has 1 saturated heterocycles. The van der Waals surface area contributed by atoms with Crippen molar-refractivity contribution >= 4 is 35.1 Å². The van der Waals surface area contributed by atoms with Crippen LogP contribution in [-0.4, -0.2) is 57.6 Å². The van der Waals surface area contributed by atoms with E-state index in [1.807, 2.05) is 62.1 Å². The number of hydrogen-bond acceptors (Lipinski definition) is 9. The van der Waals surface area contributed by atoms with E-state index in [2.05, 4.69) is 14.1 Å². The Kier molecular flexibility index (Phi) is 9.88. The van der Waals surface area contributed by atoms with Gasteiger partial charge < -0.3 is 4.74 Å². The van der Waals surface area contributed by atoms with Crippen molar-refractivity contribution in [3.63, 3.8) is 0 Å². The monoisotopic (exact) mass is 611 g/mol. The van der Waals surface area contributed by atoms with Crippen molar-refractivity contribution in [2.75, 3.05) is 13.1 Å². The minimum atomic E-state index is -5.25. The lowest BCUT2D eigenvalue weighted by atomic mass is 9.96. The second-order valence-electron chi connectivity index (χ2n) is 9.75. The van der Waals surface area contributed by atoms with Gasteiger partial charge in [0.05, 0.1) is 11.1 Å². The maximum Gasteiger partial charge on any atom is 0.495 e. The highest BCUT2D eigenvalue weighted by atomic mass is 35.5. The van der Waals surface area contributed by atoms with Crippen LogP contribution >= 0.6 is 23.1 Å². The zero-order valence-electron chi connectivity index (χ0n) is 22.7. The highest BCUT2D eigenvalue weighted by molar-refractivity contribution is 7.09. The van der Waals surface area contributed by atoms with E-state index in [1.54, 1.807) is 0 Å². The van der Waals surface area contributed by atoms with Crippen LogP contribution in [0.3, 0.4) is 0 Å². The number of alkyl halides is 3. The zero-order valence-corrected chi connectivity index (χ0v) is 24.2. The first kappa shape index (κ1) is 30.7. The fourth-order valence-electron chi connectivity index (χ4n) is 4.74. The Morgan fingerprint density at radius 1 is 1.20 bits per heavy atom. The molecule has 1 aliphatic rings. The number of benzene rings is 2. The average Bonchev–Trinajstić information content (AvgIpc) is 3.60. The van der Waals surface area contributed by atoms with Crippen LogP contribution in [0.5, 0.6) is 5.75 Å². The van der Waals surface area contributed by atoms with E-state index in [0.717, 1.165) is 27.3 Å². The smallest absolute Gasteiger partial charge is 0.489 e. The fraction of sp³-hybridized carbons (Fsp3) is 0.429. The third-order valence-corrected chi connectivity index (χ3v) is 7.63. The molecule has 0 amide bonds. The summed E-state index contributed by atoms with van der Waals surface area (Å²) < 4.78 is 47.4. The van der Waals surface area contributed by atoms with Gasteiger partial charge in [-0.2, -0.15) is 17.5 Å². The zero-order chi connectivity index (χ0) is 29.7. The van der Waals surface area contributed by atoms with Crippen molar-refractivity contribution in [2.24, 2.45) is 0 Å². The van der Waals surface area contributed by atoms with Gasteiger partial charge in [-0.3, -0.25) is 4.90 Å². The summed E-state index contributed by atoms with van der Waals surface area (Å²) in [5.74, 6) is -2.39. The Morgan fingerprint density at radius 2 is 1.98 bits per heavy atom. The summed E-state index contributed by atoms with van der Waals surface area (Å²) in [4.78, 5) is 37.7. The summed E-state index contributed by atoms with van der Waals surface area (Å²) >= 11 is 7.68. The van der Waals surface area contributed by atoms with Crippen molar-refractivity contribution in [3.8, 4) is 27.7 Å². The number of halogens is 4. The molecule has 13 heteroatoms. The van der Waals surface area contributed by atoms with Crippen LogP contribution < -0.4 is 4.74 Å². The molecular formula is C28H29ClF3N3O5S. The van der Waals surface area contributed by atoms with Gasteiger partial charge in [-0.15, -0.1) is 0 Å². The minimum absolute atomic E-state index is 0.000597. The first-order valence-corrected chi connectivity index (χ1v) is 14.3. The lowest BCUT2D eigenvalue weighted by Gasteiger charge is -2.23. The molecule has 0 N–H and O–H groups in total. The quantitative estimate of drug-likeness (QED) is 0.202. The van der Waals surface area contributed by atoms with Crippen LogP contribution in [0.25, 0.3) is 22.0 Å². The molecule has 2 aromatic carbocycles. The van der Waals surface area contributed by atoms with Crippen LogP contribution in [-0.2, 0) is 32.2 Å². The molecule has 0 radical (unpaired) electrons. The van der Waals surface area contributed by atoms with E-state index in [1.165, 1.54) is 11.5 Å². The summed E-state index contributed by atoms with van der Waals surface area (Å²) in [5, 5.41) is 1.21. The number of likely N-dealkylation sites (tertiary alicyclic amines) is 1. The van der Waals surface area contributed by atoms with Gasteiger partial charge in [0.25, 0.3) is 0 Å². The Hall–Kier alpha value is -3.22. The molecule has 0 saturated carbocycles. The first-order valence-electron chi connectivity index (χ1n) is 13.1. The number of carbonyl (C=O) groups excluding carboxylic acids is 2. The van der Waals surface area contributed by atoms with E-state index >= 15 is 0 Å². The molecule has 1 aromatic heterocycles. The van der Waals surface area contributed by atoms with Crippen LogP contribution in [0, 0.1) is 0 Å². The van der Waals surface area contributed by atoms with Gasteiger partial charge in [0, 0.05) is 17.7 Å².